The van der Waals surface area contributed by atoms with Crippen molar-refractivity contribution in [1.82, 2.24) is 4.31 Å². The number of morpholine rings is 1. The van der Waals surface area contributed by atoms with E-state index in [-0.39, 0.29) is 10.8 Å². The molecule has 2 heterocycles. The monoisotopic (exact) mass is 382 g/mol. The van der Waals surface area contributed by atoms with Crippen molar-refractivity contribution < 1.29 is 22.8 Å². The van der Waals surface area contributed by atoms with Crippen molar-refractivity contribution in [3.63, 3.8) is 0 Å². The van der Waals surface area contributed by atoms with Crippen LogP contribution in [0.15, 0.2) is 29.2 Å². The van der Waals surface area contributed by atoms with Gasteiger partial charge in [0.2, 0.25) is 10.0 Å². The molecule has 2 aliphatic rings. The zero-order valence-electron chi connectivity index (χ0n) is 15.1. The minimum absolute atomic E-state index is 0.0648. The van der Waals surface area contributed by atoms with E-state index in [4.69, 9.17) is 4.74 Å². The standard InChI is InChI=1S/C18H27N3O4S/c22-18(15-20-11-13-25-14-12-20)19-16-5-7-17(8-6-16)26(23,24)21-9-3-1-2-4-10-21/h5-8H,1-4,9-15H2,(H,19,22)/p+1. The number of sulfonamides is 1. The Kier molecular flexibility index (Phi) is 6.63. The van der Waals surface area contributed by atoms with Gasteiger partial charge in [-0.2, -0.15) is 4.31 Å². The van der Waals surface area contributed by atoms with Gasteiger partial charge >= 0.3 is 0 Å². The summed E-state index contributed by atoms with van der Waals surface area (Å²) < 4.78 is 32.4. The van der Waals surface area contributed by atoms with Gasteiger partial charge in [-0.25, -0.2) is 8.42 Å². The van der Waals surface area contributed by atoms with Gasteiger partial charge in [-0.05, 0) is 37.1 Å². The number of quaternary nitrogens is 1. The summed E-state index contributed by atoms with van der Waals surface area (Å²) in [5, 5.41) is 2.85. The highest BCUT2D eigenvalue weighted by Gasteiger charge is 2.25. The van der Waals surface area contributed by atoms with Crippen LogP contribution in [0.5, 0.6) is 0 Å². The molecule has 1 amide bonds. The molecule has 2 N–H and O–H groups in total. The van der Waals surface area contributed by atoms with Crippen LogP contribution >= 0.6 is 0 Å². The van der Waals surface area contributed by atoms with Crippen molar-refractivity contribution in [3.05, 3.63) is 24.3 Å². The number of nitrogens with one attached hydrogen (secondary N) is 2. The molecule has 2 fully saturated rings. The van der Waals surface area contributed by atoms with Crippen molar-refractivity contribution >= 4 is 21.6 Å². The van der Waals surface area contributed by atoms with Crippen LogP contribution < -0.4 is 10.2 Å². The number of amides is 1. The van der Waals surface area contributed by atoms with Gasteiger partial charge in [0, 0.05) is 18.8 Å². The second-order valence-corrected chi connectivity index (χ2v) is 8.87. The van der Waals surface area contributed by atoms with E-state index >= 15 is 0 Å². The van der Waals surface area contributed by atoms with Crippen LogP contribution in [0.4, 0.5) is 5.69 Å². The van der Waals surface area contributed by atoms with Crippen molar-refractivity contribution in [2.75, 3.05) is 51.3 Å². The van der Waals surface area contributed by atoms with Crippen LogP contribution in [0.2, 0.25) is 0 Å². The maximum absolute atomic E-state index is 12.8. The largest absolute Gasteiger partial charge is 0.370 e. The zero-order chi connectivity index (χ0) is 18.4. The third kappa shape index (κ3) is 5.03. The quantitative estimate of drug-likeness (QED) is 0.757. The molecule has 3 rings (SSSR count). The molecule has 8 heteroatoms. The van der Waals surface area contributed by atoms with Gasteiger partial charge in [0.15, 0.2) is 6.54 Å². The molecule has 1 aromatic carbocycles. The number of carbonyl (C=O) groups excluding carboxylic acids is 1. The summed E-state index contributed by atoms with van der Waals surface area (Å²) in [5.41, 5.74) is 0.623. The molecular weight excluding hydrogens is 354 g/mol. The number of hydrogen-bond acceptors (Lipinski definition) is 4. The number of ether oxygens (including phenoxy) is 1. The second-order valence-electron chi connectivity index (χ2n) is 6.93. The summed E-state index contributed by atoms with van der Waals surface area (Å²) in [4.78, 5) is 13.6. The Bertz CT molecular complexity index is 692. The summed E-state index contributed by atoms with van der Waals surface area (Å²) in [6, 6.07) is 6.49. The highest BCUT2D eigenvalue weighted by Crippen LogP contribution is 2.21. The molecule has 0 aliphatic carbocycles. The van der Waals surface area contributed by atoms with Crippen molar-refractivity contribution in [3.8, 4) is 0 Å². The van der Waals surface area contributed by atoms with E-state index in [9.17, 15) is 13.2 Å². The van der Waals surface area contributed by atoms with Crippen molar-refractivity contribution in [2.24, 2.45) is 0 Å². The summed E-state index contributed by atoms with van der Waals surface area (Å²) >= 11 is 0. The zero-order valence-corrected chi connectivity index (χ0v) is 15.9. The third-order valence-corrected chi connectivity index (χ3v) is 6.86. The first-order valence-electron chi connectivity index (χ1n) is 9.37. The van der Waals surface area contributed by atoms with E-state index < -0.39 is 10.0 Å². The average molecular weight is 383 g/mol. The molecule has 1 aromatic rings. The number of carbonyl (C=O) groups is 1. The fourth-order valence-electron chi connectivity index (χ4n) is 3.41. The number of benzene rings is 1. The van der Waals surface area contributed by atoms with Crippen LogP contribution in [0.25, 0.3) is 0 Å². The van der Waals surface area contributed by atoms with E-state index in [0.717, 1.165) is 38.8 Å². The number of anilines is 1. The van der Waals surface area contributed by atoms with E-state index in [1.807, 2.05) is 0 Å². The molecule has 0 saturated carbocycles. The molecule has 0 spiro atoms. The Morgan fingerprint density at radius 3 is 2.27 bits per heavy atom. The maximum Gasteiger partial charge on any atom is 0.279 e. The topological polar surface area (TPSA) is 80.1 Å². The normalized spacial score (nSPS) is 20.5. The van der Waals surface area contributed by atoms with E-state index in [1.165, 1.54) is 4.90 Å². The SMILES string of the molecule is O=C(C[NH+]1CCOCC1)Nc1ccc(S(=O)(=O)N2CCCCCC2)cc1. The van der Waals surface area contributed by atoms with E-state index in [1.54, 1.807) is 28.6 Å². The van der Waals surface area contributed by atoms with Gasteiger partial charge in [0.05, 0.1) is 18.1 Å². The fourth-order valence-corrected chi connectivity index (χ4v) is 4.93. The lowest BCUT2D eigenvalue weighted by molar-refractivity contribution is -0.899. The lowest BCUT2D eigenvalue weighted by atomic mass is 10.2. The Hall–Kier alpha value is -1.48. The highest BCUT2D eigenvalue weighted by atomic mass is 32.2. The van der Waals surface area contributed by atoms with Gasteiger partial charge in [-0.15, -0.1) is 0 Å². The Morgan fingerprint density at radius 1 is 1.04 bits per heavy atom. The van der Waals surface area contributed by atoms with Crippen LogP contribution in [0.1, 0.15) is 25.7 Å². The second kappa shape index (κ2) is 8.94. The predicted octanol–water partition coefficient (Wildman–Crippen LogP) is 0.105. The smallest absolute Gasteiger partial charge is 0.279 e. The molecule has 0 unspecified atom stereocenters. The lowest BCUT2D eigenvalue weighted by Gasteiger charge is -2.23. The Labute approximate surface area is 155 Å². The number of nitrogens with zero attached hydrogens (tertiary/aromatic N) is 1. The minimum atomic E-state index is -3.45. The summed E-state index contributed by atoms with van der Waals surface area (Å²) in [6.45, 7) is 4.61. The summed E-state index contributed by atoms with van der Waals surface area (Å²) in [6.07, 6.45) is 4.00. The molecule has 0 bridgehead atoms. The lowest BCUT2D eigenvalue weighted by Crippen LogP contribution is -3.15. The molecule has 0 atom stereocenters. The third-order valence-electron chi connectivity index (χ3n) is 4.95. The number of hydrogen-bond donors (Lipinski definition) is 2. The molecule has 26 heavy (non-hydrogen) atoms. The van der Waals surface area contributed by atoms with Crippen LogP contribution in [-0.2, 0) is 19.6 Å². The molecule has 0 aromatic heterocycles. The summed E-state index contributed by atoms with van der Waals surface area (Å²) in [5.74, 6) is -0.0648. The van der Waals surface area contributed by atoms with Gasteiger partial charge < -0.3 is 15.0 Å². The Morgan fingerprint density at radius 2 is 1.65 bits per heavy atom. The fraction of sp³-hybridized carbons (Fsp3) is 0.611. The highest BCUT2D eigenvalue weighted by molar-refractivity contribution is 7.89. The molecule has 144 valence electrons. The molecule has 7 nitrogen and oxygen atoms in total. The number of rotatable bonds is 5. The Balaban J connectivity index is 1.59. The first-order chi connectivity index (χ1) is 12.6. The van der Waals surface area contributed by atoms with Crippen LogP contribution in [0, 0.1) is 0 Å². The van der Waals surface area contributed by atoms with Gasteiger partial charge in [-0.3, -0.25) is 4.79 Å². The van der Waals surface area contributed by atoms with Crippen molar-refractivity contribution in [2.45, 2.75) is 30.6 Å². The van der Waals surface area contributed by atoms with E-state index in [2.05, 4.69) is 5.32 Å². The molecular formula is C18H28N3O4S+. The van der Waals surface area contributed by atoms with Crippen LogP contribution in [-0.4, -0.2) is 64.6 Å². The van der Waals surface area contributed by atoms with E-state index in [0.29, 0.717) is 38.5 Å². The maximum atomic E-state index is 12.8. The van der Waals surface area contributed by atoms with Gasteiger partial charge in [0.25, 0.3) is 5.91 Å². The first-order valence-corrected chi connectivity index (χ1v) is 10.8. The molecule has 0 radical (unpaired) electrons. The van der Waals surface area contributed by atoms with Gasteiger partial charge in [-0.1, -0.05) is 12.8 Å². The van der Waals surface area contributed by atoms with Crippen molar-refractivity contribution in [1.29, 1.82) is 0 Å². The first kappa shape index (κ1) is 19.3. The molecule has 2 aliphatic heterocycles. The average Bonchev–Trinajstić information content (AvgIpc) is 2.93. The van der Waals surface area contributed by atoms with Gasteiger partial charge in [0.1, 0.15) is 13.1 Å². The predicted molar refractivity (Wildman–Crippen MR) is 98.7 cm³/mol. The summed E-state index contributed by atoms with van der Waals surface area (Å²) in [7, 11) is -3.45. The van der Waals surface area contributed by atoms with Crippen LogP contribution in [0.3, 0.4) is 0 Å². The molecule has 2 saturated heterocycles. The minimum Gasteiger partial charge on any atom is -0.370 e.